The Morgan fingerprint density at radius 2 is 1.97 bits per heavy atom. The molecule has 0 spiro atoms. The second-order valence-corrected chi connectivity index (χ2v) is 8.25. The fourth-order valence-corrected chi connectivity index (χ4v) is 4.56. The van der Waals surface area contributed by atoms with Gasteiger partial charge in [0.05, 0.1) is 30.6 Å². The number of hydrogen-bond acceptors (Lipinski definition) is 5. The number of amides is 1. The van der Waals surface area contributed by atoms with Crippen LogP contribution >= 0.6 is 0 Å². The summed E-state index contributed by atoms with van der Waals surface area (Å²) in [4.78, 5) is 23.6. The molecule has 1 saturated heterocycles. The normalized spacial score (nSPS) is 15.5. The van der Waals surface area contributed by atoms with Crippen molar-refractivity contribution in [2.45, 2.75) is 25.8 Å². The first kappa shape index (κ1) is 21.7. The number of aromatic nitrogens is 3. The van der Waals surface area contributed by atoms with Gasteiger partial charge in [0, 0.05) is 30.1 Å². The number of rotatable bonds is 6. The second-order valence-electron chi connectivity index (χ2n) is 8.25. The molecule has 7 heteroatoms. The Bertz CT molecular complexity index is 1360. The molecular weight excluding hydrogens is 428 g/mol. The van der Waals surface area contributed by atoms with E-state index in [2.05, 4.69) is 11.6 Å². The lowest BCUT2D eigenvalue weighted by Gasteiger charge is -2.22. The van der Waals surface area contributed by atoms with E-state index >= 15 is 0 Å². The summed E-state index contributed by atoms with van der Waals surface area (Å²) in [5.74, 6) is 3.03. The van der Waals surface area contributed by atoms with Crippen molar-refractivity contribution in [2.24, 2.45) is 0 Å². The Morgan fingerprint density at radius 1 is 1.18 bits per heavy atom. The number of carbonyl (C=O) groups is 1. The summed E-state index contributed by atoms with van der Waals surface area (Å²) >= 11 is 0. The van der Waals surface area contributed by atoms with Crippen LogP contribution in [0.1, 0.15) is 30.3 Å². The van der Waals surface area contributed by atoms with Crippen molar-refractivity contribution in [3.05, 3.63) is 85.1 Å². The summed E-state index contributed by atoms with van der Waals surface area (Å²) in [5.41, 5.74) is 3.61. The third kappa shape index (κ3) is 3.79. The minimum Gasteiger partial charge on any atom is -0.496 e. The number of nitrogens with zero attached hydrogens (tertiary/aromatic N) is 4. The summed E-state index contributed by atoms with van der Waals surface area (Å²) in [6, 6.07) is 13.5. The molecule has 2 aromatic carbocycles. The van der Waals surface area contributed by atoms with Gasteiger partial charge in [-0.25, -0.2) is 4.98 Å². The molecular formula is C27H26N4O3. The lowest BCUT2D eigenvalue weighted by atomic mass is 10.1. The van der Waals surface area contributed by atoms with Gasteiger partial charge in [0.15, 0.2) is 0 Å². The molecule has 0 radical (unpaired) electrons. The number of likely N-dealkylation sites (tertiary alicyclic amines) is 1. The van der Waals surface area contributed by atoms with E-state index in [0.717, 1.165) is 58.3 Å². The smallest absolute Gasteiger partial charge is 0.246 e. The molecule has 1 aliphatic rings. The quantitative estimate of drug-likeness (QED) is 0.367. The van der Waals surface area contributed by atoms with E-state index in [0.29, 0.717) is 6.54 Å². The van der Waals surface area contributed by atoms with Crippen LogP contribution in [0.2, 0.25) is 0 Å². The molecule has 1 atom stereocenters. The number of hydrogen-bond donors (Lipinski definition) is 0. The van der Waals surface area contributed by atoms with Crippen LogP contribution in [-0.4, -0.2) is 38.8 Å². The zero-order chi connectivity index (χ0) is 23.7. The average Bonchev–Trinajstić information content (AvgIpc) is 3.50. The van der Waals surface area contributed by atoms with Crippen LogP contribution in [0.3, 0.4) is 0 Å². The Balaban J connectivity index is 1.48. The molecule has 1 aliphatic heterocycles. The first-order valence-corrected chi connectivity index (χ1v) is 11.3. The maximum Gasteiger partial charge on any atom is 0.246 e. The Labute approximate surface area is 198 Å². The van der Waals surface area contributed by atoms with Gasteiger partial charge in [-0.1, -0.05) is 12.6 Å². The predicted octanol–water partition coefficient (Wildman–Crippen LogP) is 5.36. The maximum absolute atomic E-state index is 12.4. The highest BCUT2D eigenvalue weighted by Crippen LogP contribution is 2.36. The van der Waals surface area contributed by atoms with E-state index in [4.69, 9.17) is 14.5 Å². The summed E-state index contributed by atoms with van der Waals surface area (Å²) in [5, 5.41) is 0. The first-order valence-electron chi connectivity index (χ1n) is 11.3. The molecule has 1 amide bonds. The molecule has 172 valence electrons. The zero-order valence-corrected chi connectivity index (χ0v) is 19.3. The van der Waals surface area contributed by atoms with E-state index < -0.39 is 0 Å². The minimum absolute atomic E-state index is 0.0656. The molecule has 0 bridgehead atoms. The summed E-state index contributed by atoms with van der Waals surface area (Å²) in [7, 11) is 1.65. The fraction of sp³-hybridized carbons (Fsp3) is 0.222. The van der Waals surface area contributed by atoms with Crippen molar-refractivity contribution in [1.82, 2.24) is 19.3 Å². The van der Waals surface area contributed by atoms with Crippen LogP contribution in [0.5, 0.6) is 17.2 Å². The van der Waals surface area contributed by atoms with Crippen molar-refractivity contribution in [3.63, 3.8) is 0 Å². The average molecular weight is 455 g/mol. The Morgan fingerprint density at radius 3 is 2.74 bits per heavy atom. The number of benzene rings is 2. The van der Waals surface area contributed by atoms with E-state index in [1.54, 1.807) is 13.3 Å². The largest absolute Gasteiger partial charge is 0.496 e. The third-order valence-electron chi connectivity index (χ3n) is 6.29. The highest BCUT2D eigenvalue weighted by molar-refractivity contribution is 5.87. The lowest BCUT2D eigenvalue weighted by molar-refractivity contribution is -0.127. The van der Waals surface area contributed by atoms with Gasteiger partial charge in [-0.2, -0.15) is 0 Å². The SMILES string of the molecule is C=CC(=O)N1CCCC1c1nc(-c2ccc(Oc3cccc(OC)c3C)cc2)c2cnccn12. The molecule has 7 nitrogen and oxygen atoms in total. The van der Waals surface area contributed by atoms with Gasteiger partial charge in [-0.05, 0) is 62.2 Å². The van der Waals surface area contributed by atoms with Gasteiger partial charge < -0.3 is 14.4 Å². The molecule has 34 heavy (non-hydrogen) atoms. The molecule has 1 unspecified atom stereocenters. The number of methoxy groups -OCH3 is 1. The van der Waals surface area contributed by atoms with Crippen LogP contribution in [0.15, 0.2) is 73.7 Å². The van der Waals surface area contributed by atoms with Gasteiger partial charge in [-0.15, -0.1) is 0 Å². The van der Waals surface area contributed by atoms with Crippen molar-refractivity contribution in [2.75, 3.05) is 13.7 Å². The lowest BCUT2D eigenvalue weighted by Crippen LogP contribution is -2.29. The summed E-state index contributed by atoms with van der Waals surface area (Å²) in [6.45, 7) is 6.33. The zero-order valence-electron chi connectivity index (χ0n) is 19.3. The molecule has 2 aromatic heterocycles. The first-order chi connectivity index (χ1) is 16.6. The molecule has 0 saturated carbocycles. The number of fused-ring (bicyclic) bond motifs is 1. The van der Waals surface area contributed by atoms with Crippen molar-refractivity contribution in [1.29, 1.82) is 0 Å². The molecule has 0 aliphatic carbocycles. The monoisotopic (exact) mass is 454 g/mol. The fourth-order valence-electron chi connectivity index (χ4n) is 4.56. The van der Waals surface area contributed by atoms with Crippen LogP contribution < -0.4 is 9.47 Å². The Kier molecular flexibility index (Phi) is 5.76. The van der Waals surface area contributed by atoms with Gasteiger partial charge in [0.1, 0.15) is 23.1 Å². The maximum atomic E-state index is 12.4. The van der Waals surface area contributed by atoms with Gasteiger partial charge >= 0.3 is 0 Å². The van der Waals surface area contributed by atoms with E-state index in [-0.39, 0.29) is 11.9 Å². The minimum atomic E-state index is -0.0900. The highest BCUT2D eigenvalue weighted by Gasteiger charge is 2.32. The number of carbonyl (C=O) groups excluding carboxylic acids is 1. The summed E-state index contributed by atoms with van der Waals surface area (Å²) < 4.78 is 13.5. The highest BCUT2D eigenvalue weighted by atomic mass is 16.5. The van der Waals surface area contributed by atoms with Gasteiger partial charge in [-0.3, -0.25) is 14.2 Å². The van der Waals surface area contributed by atoms with Crippen LogP contribution in [0, 0.1) is 6.92 Å². The molecule has 3 heterocycles. The van der Waals surface area contributed by atoms with Crippen LogP contribution in [0.25, 0.3) is 16.8 Å². The third-order valence-corrected chi connectivity index (χ3v) is 6.29. The number of ether oxygens (including phenoxy) is 2. The number of imidazole rings is 1. The van der Waals surface area contributed by atoms with E-state index in [1.807, 2.05) is 71.1 Å². The van der Waals surface area contributed by atoms with E-state index in [1.165, 1.54) is 6.08 Å². The van der Waals surface area contributed by atoms with Gasteiger partial charge in [0.25, 0.3) is 0 Å². The van der Waals surface area contributed by atoms with Crippen molar-refractivity contribution in [3.8, 4) is 28.5 Å². The molecule has 0 N–H and O–H groups in total. The molecule has 4 aromatic rings. The standard InChI is InChI=1S/C27H26N4O3/c1-4-25(32)30-15-6-7-21(30)27-29-26(22-17-28-14-16-31(22)27)19-10-12-20(13-11-19)34-24-9-5-8-23(33-3)18(24)2/h4-5,8-14,16-17,21H,1,6-7,15H2,2-3H3. The Hall–Kier alpha value is -4.13. The van der Waals surface area contributed by atoms with Gasteiger partial charge in [0.2, 0.25) is 5.91 Å². The van der Waals surface area contributed by atoms with E-state index in [9.17, 15) is 4.79 Å². The molecule has 1 fully saturated rings. The van der Waals surface area contributed by atoms with Crippen LogP contribution in [-0.2, 0) is 4.79 Å². The summed E-state index contributed by atoms with van der Waals surface area (Å²) in [6.07, 6.45) is 8.63. The molecule has 5 rings (SSSR count). The predicted molar refractivity (Wildman–Crippen MR) is 130 cm³/mol. The van der Waals surface area contributed by atoms with Crippen molar-refractivity contribution < 1.29 is 14.3 Å². The second kappa shape index (κ2) is 9.02. The van der Waals surface area contributed by atoms with Crippen LogP contribution in [0.4, 0.5) is 0 Å². The van der Waals surface area contributed by atoms with Crippen molar-refractivity contribution >= 4 is 11.4 Å². The topological polar surface area (TPSA) is 69.0 Å².